The molecule has 0 amide bonds. The van der Waals surface area contributed by atoms with E-state index in [9.17, 15) is 8.42 Å². The minimum atomic E-state index is -3.09. The van der Waals surface area contributed by atoms with Crippen molar-refractivity contribution in [2.24, 2.45) is 0 Å². The minimum Gasteiger partial charge on any atom is -0.311 e. The van der Waals surface area contributed by atoms with Crippen molar-refractivity contribution in [1.82, 2.24) is 9.62 Å². The standard InChI is InChI=1S/C11H22N2O2S/c1-8(2)16(14,15)13(3)11-6-9-4-5-10(7-11)12-9/h8-12H,4-7H2,1-3H3. The van der Waals surface area contributed by atoms with E-state index in [1.807, 2.05) is 0 Å². The highest BCUT2D eigenvalue weighted by atomic mass is 32.2. The summed E-state index contributed by atoms with van der Waals surface area (Å²) in [6.45, 7) is 3.50. The van der Waals surface area contributed by atoms with Crippen LogP contribution in [0.1, 0.15) is 39.5 Å². The van der Waals surface area contributed by atoms with Gasteiger partial charge in [-0.1, -0.05) is 0 Å². The average molecular weight is 246 g/mol. The number of nitrogens with one attached hydrogen (secondary N) is 1. The lowest BCUT2D eigenvalue weighted by molar-refractivity contribution is 0.250. The van der Waals surface area contributed by atoms with E-state index in [1.165, 1.54) is 12.8 Å². The molecule has 0 spiro atoms. The molecule has 0 radical (unpaired) electrons. The second kappa shape index (κ2) is 4.27. The molecule has 2 bridgehead atoms. The lowest BCUT2D eigenvalue weighted by Gasteiger charge is -2.35. The molecule has 0 saturated carbocycles. The second-order valence-corrected chi connectivity index (χ2v) is 7.92. The summed E-state index contributed by atoms with van der Waals surface area (Å²) >= 11 is 0. The van der Waals surface area contributed by atoms with Gasteiger partial charge in [-0.25, -0.2) is 12.7 Å². The smallest absolute Gasteiger partial charge is 0.216 e. The van der Waals surface area contributed by atoms with Crippen LogP contribution in [0.5, 0.6) is 0 Å². The highest BCUT2D eigenvalue weighted by Crippen LogP contribution is 2.30. The Balaban J connectivity index is 2.08. The van der Waals surface area contributed by atoms with Crippen molar-refractivity contribution in [3.8, 4) is 0 Å². The first-order chi connectivity index (χ1) is 7.41. The van der Waals surface area contributed by atoms with E-state index in [-0.39, 0.29) is 11.3 Å². The zero-order chi connectivity index (χ0) is 11.9. The molecule has 0 aromatic rings. The molecule has 2 heterocycles. The molecule has 0 aromatic carbocycles. The Morgan fingerprint density at radius 2 is 1.69 bits per heavy atom. The van der Waals surface area contributed by atoms with Crippen LogP contribution in [-0.2, 0) is 10.0 Å². The lowest BCUT2D eigenvalue weighted by atomic mass is 10.0. The third kappa shape index (κ3) is 2.13. The summed E-state index contributed by atoms with van der Waals surface area (Å²) in [5, 5.41) is 3.22. The molecule has 2 fully saturated rings. The fourth-order valence-electron chi connectivity index (χ4n) is 2.86. The van der Waals surface area contributed by atoms with Gasteiger partial charge in [0.15, 0.2) is 0 Å². The predicted octanol–water partition coefficient (Wildman–Crippen LogP) is 0.939. The molecule has 2 atom stereocenters. The van der Waals surface area contributed by atoms with Gasteiger partial charge in [0.05, 0.1) is 5.25 Å². The van der Waals surface area contributed by atoms with E-state index in [4.69, 9.17) is 0 Å². The van der Waals surface area contributed by atoms with Gasteiger partial charge in [0.2, 0.25) is 10.0 Å². The molecule has 2 aliphatic heterocycles. The Labute approximate surface area is 98.4 Å². The number of rotatable bonds is 3. The van der Waals surface area contributed by atoms with E-state index >= 15 is 0 Å². The summed E-state index contributed by atoms with van der Waals surface area (Å²) in [6.07, 6.45) is 4.35. The fraction of sp³-hybridized carbons (Fsp3) is 1.00. The topological polar surface area (TPSA) is 49.4 Å². The lowest BCUT2D eigenvalue weighted by Crippen LogP contribution is -2.50. The molecule has 0 aliphatic carbocycles. The van der Waals surface area contributed by atoms with E-state index in [2.05, 4.69) is 5.32 Å². The van der Waals surface area contributed by atoms with Gasteiger partial charge in [0.25, 0.3) is 0 Å². The largest absolute Gasteiger partial charge is 0.311 e. The summed E-state index contributed by atoms with van der Waals surface area (Å²) < 4.78 is 25.8. The molecule has 5 heteroatoms. The van der Waals surface area contributed by atoms with Crippen molar-refractivity contribution < 1.29 is 8.42 Å². The Morgan fingerprint density at radius 3 is 2.12 bits per heavy atom. The molecular weight excluding hydrogens is 224 g/mol. The quantitative estimate of drug-likeness (QED) is 0.806. The van der Waals surface area contributed by atoms with Crippen molar-refractivity contribution in [3.63, 3.8) is 0 Å². The van der Waals surface area contributed by atoms with Crippen molar-refractivity contribution >= 4 is 10.0 Å². The first-order valence-corrected chi connectivity index (χ1v) is 7.64. The summed E-state index contributed by atoms with van der Waals surface area (Å²) in [4.78, 5) is 0. The minimum absolute atomic E-state index is 0.200. The van der Waals surface area contributed by atoms with E-state index < -0.39 is 10.0 Å². The maximum atomic E-state index is 12.1. The molecule has 94 valence electrons. The van der Waals surface area contributed by atoms with Crippen molar-refractivity contribution in [3.05, 3.63) is 0 Å². The first kappa shape index (κ1) is 12.3. The third-order valence-corrected chi connectivity index (χ3v) is 6.25. The van der Waals surface area contributed by atoms with Gasteiger partial charge in [-0.3, -0.25) is 0 Å². The van der Waals surface area contributed by atoms with Crippen LogP contribution >= 0.6 is 0 Å². The summed E-state index contributed by atoms with van der Waals surface area (Å²) in [5.74, 6) is 0. The molecule has 2 saturated heterocycles. The number of hydrogen-bond acceptors (Lipinski definition) is 3. The maximum Gasteiger partial charge on any atom is 0.216 e. The van der Waals surface area contributed by atoms with Gasteiger partial charge < -0.3 is 5.32 Å². The van der Waals surface area contributed by atoms with Crippen LogP contribution in [0.25, 0.3) is 0 Å². The van der Waals surface area contributed by atoms with E-state index in [0.29, 0.717) is 12.1 Å². The maximum absolute atomic E-state index is 12.1. The Kier molecular flexibility index (Phi) is 3.29. The van der Waals surface area contributed by atoms with Crippen LogP contribution in [0, 0.1) is 0 Å². The Morgan fingerprint density at radius 1 is 1.19 bits per heavy atom. The monoisotopic (exact) mass is 246 g/mol. The van der Waals surface area contributed by atoms with Gasteiger partial charge in [-0.15, -0.1) is 0 Å². The van der Waals surface area contributed by atoms with Crippen molar-refractivity contribution in [2.75, 3.05) is 7.05 Å². The van der Waals surface area contributed by atoms with E-state index in [0.717, 1.165) is 12.8 Å². The van der Waals surface area contributed by atoms with Gasteiger partial charge >= 0.3 is 0 Å². The highest BCUT2D eigenvalue weighted by Gasteiger charge is 2.38. The van der Waals surface area contributed by atoms with Gasteiger partial charge in [-0.05, 0) is 39.5 Å². The molecule has 2 unspecified atom stereocenters. The van der Waals surface area contributed by atoms with Crippen molar-refractivity contribution in [1.29, 1.82) is 0 Å². The van der Waals surface area contributed by atoms with Crippen LogP contribution in [0.3, 0.4) is 0 Å². The first-order valence-electron chi connectivity index (χ1n) is 6.14. The number of nitrogens with zero attached hydrogens (tertiary/aromatic N) is 1. The fourth-order valence-corrected chi connectivity index (χ4v) is 4.12. The molecule has 4 nitrogen and oxygen atoms in total. The SMILES string of the molecule is CC(C)S(=O)(=O)N(C)C1CC2CCC(C1)N2. The second-order valence-electron chi connectivity index (χ2n) is 5.37. The molecular formula is C11H22N2O2S. The van der Waals surface area contributed by atoms with Gasteiger partial charge in [-0.2, -0.15) is 0 Å². The number of fused-ring (bicyclic) bond motifs is 2. The molecule has 0 aromatic heterocycles. The van der Waals surface area contributed by atoms with Gasteiger partial charge in [0, 0.05) is 25.2 Å². The van der Waals surface area contributed by atoms with Crippen LogP contribution in [-0.4, -0.2) is 43.1 Å². The van der Waals surface area contributed by atoms with Crippen LogP contribution < -0.4 is 5.32 Å². The molecule has 2 rings (SSSR count). The van der Waals surface area contributed by atoms with Crippen LogP contribution in [0.2, 0.25) is 0 Å². The van der Waals surface area contributed by atoms with Crippen LogP contribution in [0.15, 0.2) is 0 Å². The zero-order valence-corrected chi connectivity index (χ0v) is 11.1. The summed E-state index contributed by atoms with van der Waals surface area (Å²) in [6, 6.07) is 1.27. The summed E-state index contributed by atoms with van der Waals surface area (Å²) in [7, 11) is -1.35. The Hall–Kier alpha value is -0.130. The molecule has 2 aliphatic rings. The predicted molar refractivity (Wildman–Crippen MR) is 64.8 cm³/mol. The number of piperidine rings is 1. The van der Waals surface area contributed by atoms with Crippen molar-refractivity contribution in [2.45, 2.75) is 62.9 Å². The van der Waals surface area contributed by atoms with Crippen LogP contribution in [0.4, 0.5) is 0 Å². The summed E-state index contributed by atoms with van der Waals surface area (Å²) in [5.41, 5.74) is 0. The van der Waals surface area contributed by atoms with Gasteiger partial charge in [0.1, 0.15) is 0 Å². The molecule has 16 heavy (non-hydrogen) atoms. The average Bonchev–Trinajstić information content (AvgIpc) is 2.56. The highest BCUT2D eigenvalue weighted by molar-refractivity contribution is 7.89. The Bertz CT molecular complexity index is 341. The zero-order valence-electron chi connectivity index (χ0n) is 10.3. The number of hydrogen-bond donors (Lipinski definition) is 1. The third-order valence-electron chi connectivity index (χ3n) is 3.96. The number of sulfonamides is 1. The molecule has 1 N–H and O–H groups in total. The van der Waals surface area contributed by atoms with E-state index in [1.54, 1.807) is 25.2 Å². The normalized spacial score (nSPS) is 34.9.